The monoisotopic (exact) mass is 256 g/mol. The maximum atomic E-state index is 11.2. The quantitative estimate of drug-likeness (QED) is 0.717. The number of carboxylic acid groups (broad SMARTS) is 1. The number of hydrogen-bond donors (Lipinski definition) is 2. The zero-order chi connectivity index (χ0) is 13.5. The van der Waals surface area contributed by atoms with Gasteiger partial charge in [-0.15, -0.1) is 0 Å². The Morgan fingerprint density at radius 3 is 2.44 bits per heavy atom. The molecule has 3 N–H and O–H groups in total. The van der Waals surface area contributed by atoms with E-state index in [1.54, 1.807) is 0 Å². The number of unbranched alkanes of at least 4 members (excludes halogenated alkanes) is 1. The Hall–Kier alpha value is -1.10. The summed E-state index contributed by atoms with van der Waals surface area (Å²) in [5.41, 5.74) is 5.19. The molecular weight excluding hydrogens is 232 g/mol. The molecule has 5 heteroatoms. The molecule has 1 aliphatic rings. The van der Waals surface area contributed by atoms with Crippen molar-refractivity contribution < 1.29 is 14.7 Å². The second kappa shape index (κ2) is 7.36. The van der Waals surface area contributed by atoms with Crippen LogP contribution in [0.25, 0.3) is 0 Å². The first kappa shape index (κ1) is 15.0. The van der Waals surface area contributed by atoms with Crippen LogP contribution in [0.4, 0.5) is 0 Å². The second-order valence-electron chi connectivity index (χ2n) is 5.15. The molecule has 1 amide bonds. The molecule has 0 aromatic carbocycles. The van der Waals surface area contributed by atoms with Gasteiger partial charge in [0, 0.05) is 6.42 Å². The summed E-state index contributed by atoms with van der Waals surface area (Å²) < 4.78 is 0. The van der Waals surface area contributed by atoms with Crippen molar-refractivity contribution in [1.29, 1.82) is 0 Å². The number of likely N-dealkylation sites (tertiary alicyclic amines) is 1. The van der Waals surface area contributed by atoms with Gasteiger partial charge in [0.05, 0.1) is 0 Å². The molecule has 5 nitrogen and oxygen atoms in total. The highest BCUT2D eigenvalue weighted by molar-refractivity contribution is 5.74. The number of primary amides is 1. The first-order chi connectivity index (χ1) is 8.54. The summed E-state index contributed by atoms with van der Waals surface area (Å²) in [6.07, 6.45) is 4.85. The highest BCUT2D eigenvalue weighted by Crippen LogP contribution is 2.23. The average molecular weight is 256 g/mol. The van der Waals surface area contributed by atoms with Crippen LogP contribution in [0.2, 0.25) is 0 Å². The molecule has 18 heavy (non-hydrogen) atoms. The molecule has 0 spiro atoms. The molecule has 1 aliphatic heterocycles. The van der Waals surface area contributed by atoms with Crippen molar-refractivity contribution in [3.05, 3.63) is 0 Å². The van der Waals surface area contributed by atoms with Crippen LogP contribution in [0, 0.1) is 5.92 Å². The maximum Gasteiger partial charge on any atom is 0.320 e. The van der Waals surface area contributed by atoms with Crippen LogP contribution in [0.15, 0.2) is 0 Å². The summed E-state index contributed by atoms with van der Waals surface area (Å²) in [5.74, 6) is -0.648. The Kier molecular flexibility index (Phi) is 6.12. The van der Waals surface area contributed by atoms with Crippen LogP contribution in [-0.2, 0) is 9.59 Å². The van der Waals surface area contributed by atoms with Crippen LogP contribution in [0.3, 0.4) is 0 Å². The molecule has 0 aromatic rings. The zero-order valence-electron chi connectivity index (χ0n) is 11.1. The number of rotatable bonds is 7. The lowest BCUT2D eigenvalue weighted by molar-refractivity contribution is -0.144. The van der Waals surface area contributed by atoms with Crippen LogP contribution in [0.1, 0.15) is 45.4 Å². The molecule has 0 aromatic heterocycles. The summed E-state index contributed by atoms with van der Waals surface area (Å²) in [5, 5.41) is 9.25. The lowest BCUT2D eigenvalue weighted by Gasteiger charge is -2.35. The molecule has 1 unspecified atom stereocenters. The van der Waals surface area contributed by atoms with E-state index in [0.29, 0.717) is 18.8 Å². The summed E-state index contributed by atoms with van der Waals surface area (Å²) in [6, 6.07) is -0.362. The number of piperidine rings is 1. The normalized spacial score (nSPS) is 19.6. The number of carboxylic acids is 1. The third-order valence-electron chi connectivity index (χ3n) is 3.70. The van der Waals surface area contributed by atoms with E-state index in [1.165, 1.54) is 0 Å². The van der Waals surface area contributed by atoms with E-state index < -0.39 is 5.97 Å². The summed E-state index contributed by atoms with van der Waals surface area (Å²) in [7, 11) is 0. The molecule has 0 saturated carbocycles. The van der Waals surface area contributed by atoms with Gasteiger partial charge in [0.2, 0.25) is 5.91 Å². The lowest BCUT2D eigenvalue weighted by Crippen LogP contribution is -2.46. The molecule has 0 aliphatic carbocycles. The predicted octanol–water partition coefficient (Wildman–Crippen LogP) is 1.22. The van der Waals surface area contributed by atoms with Gasteiger partial charge in [0.1, 0.15) is 6.04 Å². The number of hydrogen-bond acceptors (Lipinski definition) is 3. The van der Waals surface area contributed by atoms with Gasteiger partial charge in [-0.05, 0) is 38.3 Å². The van der Waals surface area contributed by atoms with E-state index in [1.807, 2.05) is 4.90 Å². The zero-order valence-corrected chi connectivity index (χ0v) is 11.1. The maximum absolute atomic E-state index is 11.2. The number of aliphatic carboxylic acids is 1. The molecule has 1 atom stereocenters. The average Bonchev–Trinajstić information content (AvgIpc) is 2.30. The minimum Gasteiger partial charge on any atom is -0.480 e. The molecule has 1 rings (SSSR count). The Balaban J connectivity index is 2.43. The molecule has 1 heterocycles. The molecular formula is C13H24N2O3. The Morgan fingerprint density at radius 2 is 2.00 bits per heavy atom. The molecule has 1 fully saturated rings. The third-order valence-corrected chi connectivity index (χ3v) is 3.70. The fourth-order valence-electron chi connectivity index (χ4n) is 2.61. The predicted molar refractivity (Wildman–Crippen MR) is 69.1 cm³/mol. The van der Waals surface area contributed by atoms with E-state index >= 15 is 0 Å². The minimum absolute atomic E-state index is 0.255. The Bertz CT molecular complexity index is 286. The van der Waals surface area contributed by atoms with Crippen LogP contribution < -0.4 is 5.73 Å². The Labute approximate surface area is 108 Å². The van der Waals surface area contributed by atoms with Gasteiger partial charge in [-0.3, -0.25) is 14.5 Å². The Morgan fingerprint density at radius 1 is 1.39 bits per heavy atom. The van der Waals surface area contributed by atoms with Crippen LogP contribution in [0.5, 0.6) is 0 Å². The van der Waals surface area contributed by atoms with Crippen molar-refractivity contribution in [1.82, 2.24) is 4.90 Å². The van der Waals surface area contributed by atoms with Crippen LogP contribution in [-0.4, -0.2) is 41.0 Å². The smallest absolute Gasteiger partial charge is 0.320 e. The van der Waals surface area contributed by atoms with Gasteiger partial charge in [-0.2, -0.15) is 0 Å². The van der Waals surface area contributed by atoms with Gasteiger partial charge in [0.25, 0.3) is 0 Å². The van der Waals surface area contributed by atoms with Gasteiger partial charge in [-0.1, -0.05) is 19.8 Å². The van der Waals surface area contributed by atoms with Crippen molar-refractivity contribution in [2.45, 2.75) is 51.5 Å². The van der Waals surface area contributed by atoms with Crippen molar-refractivity contribution in [3.8, 4) is 0 Å². The van der Waals surface area contributed by atoms with Crippen molar-refractivity contribution in [2.75, 3.05) is 13.1 Å². The molecule has 0 bridgehead atoms. The minimum atomic E-state index is -0.725. The standard InChI is InChI=1S/C13H24N2O3/c1-2-3-4-11(13(17)18)15-7-5-10(6-8-15)9-12(14)16/h10-11H,2-9H2,1H3,(H2,14,16)(H,17,18). The number of carbonyl (C=O) groups is 2. The molecule has 104 valence electrons. The van der Waals surface area contributed by atoms with Crippen molar-refractivity contribution in [2.24, 2.45) is 11.7 Å². The van der Waals surface area contributed by atoms with Crippen LogP contribution >= 0.6 is 0 Å². The van der Waals surface area contributed by atoms with E-state index in [-0.39, 0.29) is 11.9 Å². The number of amides is 1. The lowest BCUT2D eigenvalue weighted by atomic mass is 9.92. The first-order valence-electron chi connectivity index (χ1n) is 6.79. The van der Waals surface area contributed by atoms with E-state index in [4.69, 9.17) is 5.73 Å². The largest absolute Gasteiger partial charge is 0.480 e. The molecule has 0 radical (unpaired) electrons. The van der Waals surface area contributed by atoms with E-state index in [9.17, 15) is 14.7 Å². The highest BCUT2D eigenvalue weighted by Gasteiger charge is 2.29. The highest BCUT2D eigenvalue weighted by atomic mass is 16.4. The first-order valence-corrected chi connectivity index (χ1v) is 6.79. The van der Waals surface area contributed by atoms with Gasteiger partial charge < -0.3 is 10.8 Å². The number of nitrogens with two attached hydrogens (primary N) is 1. The van der Waals surface area contributed by atoms with Gasteiger partial charge in [-0.25, -0.2) is 0 Å². The number of carbonyl (C=O) groups excluding carboxylic acids is 1. The van der Waals surface area contributed by atoms with Gasteiger partial charge >= 0.3 is 5.97 Å². The summed E-state index contributed by atoms with van der Waals surface area (Å²) in [6.45, 7) is 3.59. The fourth-order valence-corrected chi connectivity index (χ4v) is 2.61. The van der Waals surface area contributed by atoms with Gasteiger partial charge in [0.15, 0.2) is 0 Å². The topological polar surface area (TPSA) is 83.6 Å². The van der Waals surface area contributed by atoms with Crippen molar-refractivity contribution in [3.63, 3.8) is 0 Å². The van der Waals surface area contributed by atoms with Crippen molar-refractivity contribution >= 4 is 11.9 Å². The molecule has 1 saturated heterocycles. The van der Waals surface area contributed by atoms with E-state index in [2.05, 4.69) is 6.92 Å². The summed E-state index contributed by atoms with van der Waals surface area (Å²) >= 11 is 0. The number of nitrogens with zero attached hydrogens (tertiary/aromatic N) is 1. The SMILES string of the molecule is CCCCC(C(=O)O)N1CCC(CC(N)=O)CC1. The van der Waals surface area contributed by atoms with E-state index in [0.717, 1.165) is 38.8 Å². The fraction of sp³-hybridized carbons (Fsp3) is 0.846. The second-order valence-corrected chi connectivity index (χ2v) is 5.15. The third kappa shape index (κ3) is 4.64. The summed E-state index contributed by atoms with van der Waals surface area (Å²) in [4.78, 5) is 24.1.